The molecule has 1 aliphatic rings. The summed E-state index contributed by atoms with van der Waals surface area (Å²) in [6.07, 6.45) is 4.27. The number of thioether (sulfide) groups is 1. The molecule has 16 heavy (non-hydrogen) atoms. The Bertz CT molecular complexity index is 302. The van der Waals surface area contributed by atoms with Gasteiger partial charge in [0.1, 0.15) is 0 Å². The lowest BCUT2D eigenvalue weighted by atomic mass is 10.2. The van der Waals surface area contributed by atoms with Crippen molar-refractivity contribution in [1.82, 2.24) is 9.88 Å². The summed E-state index contributed by atoms with van der Waals surface area (Å²) >= 11 is 2.13. The quantitative estimate of drug-likeness (QED) is 0.799. The summed E-state index contributed by atoms with van der Waals surface area (Å²) in [7, 11) is 0. The van der Waals surface area contributed by atoms with E-state index in [0.717, 1.165) is 18.2 Å². The van der Waals surface area contributed by atoms with E-state index in [0.29, 0.717) is 0 Å². The summed E-state index contributed by atoms with van der Waals surface area (Å²) in [5.74, 6) is 1.29. The van der Waals surface area contributed by atoms with Gasteiger partial charge >= 0.3 is 0 Å². The Morgan fingerprint density at radius 2 is 2.44 bits per heavy atom. The van der Waals surface area contributed by atoms with Gasteiger partial charge in [-0.15, -0.1) is 0 Å². The van der Waals surface area contributed by atoms with E-state index in [1.807, 2.05) is 12.3 Å². The molecule has 1 atom stereocenters. The van der Waals surface area contributed by atoms with E-state index in [1.165, 1.54) is 31.0 Å². The van der Waals surface area contributed by atoms with Crippen molar-refractivity contribution in [2.45, 2.75) is 25.0 Å². The molecule has 2 rings (SSSR count). The second kappa shape index (κ2) is 6.26. The van der Waals surface area contributed by atoms with Crippen LogP contribution < -0.4 is 0 Å². The van der Waals surface area contributed by atoms with Crippen LogP contribution in [0.4, 0.5) is 0 Å². The van der Waals surface area contributed by atoms with Crippen molar-refractivity contribution in [3.63, 3.8) is 0 Å². The van der Waals surface area contributed by atoms with Crippen molar-refractivity contribution in [3.05, 3.63) is 30.1 Å². The normalized spacial score (nSPS) is 22.2. The highest BCUT2D eigenvalue weighted by Crippen LogP contribution is 2.20. The Hall–Kier alpha value is -0.540. The maximum absolute atomic E-state index is 4.37. The van der Waals surface area contributed by atoms with E-state index in [-0.39, 0.29) is 0 Å². The van der Waals surface area contributed by atoms with Gasteiger partial charge in [-0.2, -0.15) is 11.8 Å². The summed E-state index contributed by atoms with van der Waals surface area (Å²) in [4.78, 5) is 6.95. The third-order valence-electron chi connectivity index (χ3n) is 3.09. The van der Waals surface area contributed by atoms with Gasteiger partial charge in [-0.05, 0) is 18.6 Å². The molecule has 88 valence electrons. The van der Waals surface area contributed by atoms with Gasteiger partial charge in [0, 0.05) is 48.9 Å². The van der Waals surface area contributed by atoms with Crippen LogP contribution in [-0.4, -0.2) is 40.5 Å². The molecule has 1 aliphatic heterocycles. The fourth-order valence-electron chi connectivity index (χ4n) is 2.05. The minimum Gasteiger partial charge on any atom is -0.301 e. The Morgan fingerprint density at radius 3 is 3.19 bits per heavy atom. The number of nitrogens with zero attached hydrogens (tertiary/aromatic N) is 2. The zero-order valence-electron chi connectivity index (χ0n) is 9.93. The number of hydrogen-bond acceptors (Lipinski definition) is 3. The van der Waals surface area contributed by atoms with Gasteiger partial charge in [0.05, 0.1) is 0 Å². The third kappa shape index (κ3) is 3.49. The van der Waals surface area contributed by atoms with Gasteiger partial charge in [0.15, 0.2) is 0 Å². The van der Waals surface area contributed by atoms with Crippen molar-refractivity contribution >= 4 is 11.8 Å². The van der Waals surface area contributed by atoms with Crippen molar-refractivity contribution in [2.24, 2.45) is 0 Å². The molecular formula is C13H20N2S. The molecular weight excluding hydrogens is 216 g/mol. The largest absolute Gasteiger partial charge is 0.301 e. The molecule has 1 aromatic rings. The van der Waals surface area contributed by atoms with E-state index in [4.69, 9.17) is 0 Å². The summed E-state index contributed by atoms with van der Waals surface area (Å²) in [5, 5.41) is 0.845. The minimum absolute atomic E-state index is 0.845. The predicted molar refractivity (Wildman–Crippen MR) is 70.9 cm³/mol. The molecule has 3 heteroatoms. The number of hydrogen-bond donors (Lipinski definition) is 0. The molecule has 2 heterocycles. The van der Waals surface area contributed by atoms with Crippen LogP contribution in [0.3, 0.4) is 0 Å². The van der Waals surface area contributed by atoms with Crippen LogP contribution in [0.2, 0.25) is 0 Å². The predicted octanol–water partition coefficient (Wildman–Crippen LogP) is 2.45. The van der Waals surface area contributed by atoms with E-state index < -0.39 is 0 Å². The van der Waals surface area contributed by atoms with Crippen LogP contribution in [0.25, 0.3) is 0 Å². The first-order valence-electron chi connectivity index (χ1n) is 6.12. The lowest BCUT2D eigenvalue weighted by Gasteiger charge is -2.31. The van der Waals surface area contributed by atoms with Crippen LogP contribution >= 0.6 is 11.8 Å². The fourth-order valence-corrected chi connectivity index (χ4v) is 3.30. The molecule has 0 N–H and O–H groups in total. The molecule has 0 aromatic carbocycles. The first kappa shape index (κ1) is 11.9. The van der Waals surface area contributed by atoms with Crippen molar-refractivity contribution < 1.29 is 0 Å². The van der Waals surface area contributed by atoms with E-state index in [2.05, 4.69) is 40.7 Å². The molecule has 0 amide bonds. The molecule has 0 radical (unpaired) electrons. The number of aromatic nitrogens is 1. The van der Waals surface area contributed by atoms with Crippen LogP contribution in [0.15, 0.2) is 24.4 Å². The average molecular weight is 236 g/mol. The topological polar surface area (TPSA) is 16.1 Å². The highest BCUT2D eigenvalue weighted by Gasteiger charge is 2.18. The molecule has 1 fully saturated rings. The monoisotopic (exact) mass is 236 g/mol. The Morgan fingerprint density at radius 1 is 1.50 bits per heavy atom. The van der Waals surface area contributed by atoms with Gasteiger partial charge in [-0.25, -0.2) is 0 Å². The second-order valence-electron chi connectivity index (χ2n) is 4.27. The van der Waals surface area contributed by atoms with E-state index in [9.17, 15) is 0 Å². The Labute approximate surface area is 102 Å². The van der Waals surface area contributed by atoms with Gasteiger partial charge < -0.3 is 4.90 Å². The summed E-state index contributed by atoms with van der Waals surface area (Å²) in [6, 6.07) is 6.17. The van der Waals surface area contributed by atoms with Gasteiger partial charge in [-0.1, -0.05) is 13.0 Å². The highest BCUT2D eigenvalue weighted by atomic mass is 32.2. The molecule has 2 nitrogen and oxygen atoms in total. The summed E-state index contributed by atoms with van der Waals surface area (Å²) < 4.78 is 0. The van der Waals surface area contributed by atoms with Crippen molar-refractivity contribution in [2.75, 3.05) is 25.4 Å². The molecule has 1 saturated heterocycles. The SMILES string of the molecule is CC[C@@H]1CN(CCc2ccccn2)CCS1. The van der Waals surface area contributed by atoms with Crippen molar-refractivity contribution in [3.8, 4) is 0 Å². The standard InChI is InChI=1S/C13H20N2S/c1-2-13-11-15(9-10-16-13)8-6-12-5-3-4-7-14-12/h3-5,7,13H,2,6,8-11H2,1H3/t13-/m1/s1. The highest BCUT2D eigenvalue weighted by molar-refractivity contribution is 8.00. The fraction of sp³-hybridized carbons (Fsp3) is 0.615. The third-order valence-corrected chi connectivity index (χ3v) is 4.46. The maximum atomic E-state index is 4.37. The zero-order chi connectivity index (χ0) is 11.2. The molecule has 1 aromatic heterocycles. The van der Waals surface area contributed by atoms with Crippen LogP contribution in [0, 0.1) is 0 Å². The lowest BCUT2D eigenvalue weighted by molar-refractivity contribution is 0.284. The zero-order valence-corrected chi connectivity index (χ0v) is 10.7. The first-order chi connectivity index (χ1) is 7.88. The van der Waals surface area contributed by atoms with Gasteiger partial charge in [0.25, 0.3) is 0 Å². The Kier molecular flexibility index (Phi) is 4.67. The number of rotatable bonds is 4. The van der Waals surface area contributed by atoms with E-state index in [1.54, 1.807) is 0 Å². The van der Waals surface area contributed by atoms with Crippen LogP contribution in [0.5, 0.6) is 0 Å². The van der Waals surface area contributed by atoms with Crippen molar-refractivity contribution in [1.29, 1.82) is 0 Å². The Balaban J connectivity index is 1.77. The van der Waals surface area contributed by atoms with Gasteiger partial charge in [0.2, 0.25) is 0 Å². The van der Waals surface area contributed by atoms with Gasteiger partial charge in [-0.3, -0.25) is 4.98 Å². The molecule has 0 bridgehead atoms. The molecule has 0 unspecified atom stereocenters. The number of pyridine rings is 1. The average Bonchev–Trinajstić information content (AvgIpc) is 2.38. The molecule has 0 saturated carbocycles. The molecule has 0 aliphatic carbocycles. The van der Waals surface area contributed by atoms with Crippen LogP contribution in [0.1, 0.15) is 19.0 Å². The summed E-state index contributed by atoms with van der Waals surface area (Å²) in [6.45, 7) is 5.95. The lowest BCUT2D eigenvalue weighted by Crippen LogP contribution is -2.38. The second-order valence-corrected chi connectivity index (χ2v) is 5.68. The minimum atomic E-state index is 0.845. The molecule has 0 spiro atoms. The smallest absolute Gasteiger partial charge is 0.0416 e. The summed E-state index contributed by atoms with van der Waals surface area (Å²) in [5.41, 5.74) is 1.22. The first-order valence-corrected chi connectivity index (χ1v) is 7.17. The maximum Gasteiger partial charge on any atom is 0.0416 e. The van der Waals surface area contributed by atoms with E-state index >= 15 is 0 Å². The van der Waals surface area contributed by atoms with Crippen LogP contribution in [-0.2, 0) is 6.42 Å².